The zero-order valence-electron chi connectivity index (χ0n) is 12.6. The number of hydrogen-bond donors (Lipinski definition) is 2. The van der Waals surface area contributed by atoms with E-state index < -0.39 is 12.6 Å². The molecule has 2 rings (SSSR count). The summed E-state index contributed by atoms with van der Waals surface area (Å²) in [6.45, 7) is 2.45. The average molecular weight is 307 g/mol. The van der Waals surface area contributed by atoms with E-state index in [4.69, 9.17) is 14.6 Å². The quantitative estimate of drug-likeness (QED) is 0.768. The smallest absolute Gasteiger partial charge is 0.341 e. The molecular formula is C16H21NO5. The van der Waals surface area contributed by atoms with Crippen LogP contribution in [0.5, 0.6) is 11.5 Å². The van der Waals surface area contributed by atoms with Crippen LogP contribution >= 0.6 is 0 Å². The van der Waals surface area contributed by atoms with Gasteiger partial charge in [-0.15, -0.1) is 0 Å². The fourth-order valence-corrected chi connectivity index (χ4v) is 2.21. The summed E-state index contributed by atoms with van der Waals surface area (Å²) < 4.78 is 10.6. The van der Waals surface area contributed by atoms with Crippen molar-refractivity contribution >= 4 is 11.9 Å². The first-order valence-corrected chi connectivity index (χ1v) is 7.49. The van der Waals surface area contributed by atoms with E-state index in [1.54, 1.807) is 18.2 Å². The Morgan fingerprint density at radius 2 is 2.05 bits per heavy atom. The van der Waals surface area contributed by atoms with Crippen molar-refractivity contribution in [1.29, 1.82) is 0 Å². The summed E-state index contributed by atoms with van der Waals surface area (Å²) in [7, 11) is 0. The van der Waals surface area contributed by atoms with Crippen molar-refractivity contribution in [3.05, 3.63) is 23.8 Å². The first-order chi connectivity index (χ1) is 10.6. The van der Waals surface area contributed by atoms with E-state index >= 15 is 0 Å². The van der Waals surface area contributed by atoms with Crippen LogP contribution in [0, 0.1) is 5.92 Å². The number of carboxylic acid groups (broad SMARTS) is 1. The first kappa shape index (κ1) is 16.1. The first-order valence-electron chi connectivity index (χ1n) is 7.49. The highest BCUT2D eigenvalue weighted by atomic mass is 16.5. The van der Waals surface area contributed by atoms with Crippen LogP contribution in [0.3, 0.4) is 0 Å². The summed E-state index contributed by atoms with van der Waals surface area (Å²) in [6.07, 6.45) is 3.59. The van der Waals surface area contributed by atoms with E-state index in [1.807, 2.05) is 6.92 Å². The third-order valence-corrected chi connectivity index (χ3v) is 3.63. The highest BCUT2D eigenvalue weighted by Gasteiger charge is 2.19. The van der Waals surface area contributed by atoms with Gasteiger partial charge in [0.05, 0.1) is 6.61 Å². The Morgan fingerprint density at radius 3 is 2.64 bits per heavy atom. The summed E-state index contributed by atoms with van der Waals surface area (Å²) in [5, 5.41) is 11.6. The fraction of sp³-hybridized carbons (Fsp3) is 0.500. The minimum Gasteiger partial charge on any atom is -0.490 e. The average Bonchev–Trinajstić information content (AvgIpc) is 2.44. The number of carbonyl (C=O) groups excluding carboxylic acids is 1. The molecule has 0 atom stereocenters. The molecule has 0 bridgehead atoms. The maximum Gasteiger partial charge on any atom is 0.341 e. The topological polar surface area (TPSA) is 84.9 Å². The standard InChI is InChI=1S/C16H21NO5/c1-2-21-14-8-12(6-7-13(14)22-10-15(18)19)16(20)17-9-11-4-3-5-11/h6-8,11H,2-5,9-10H2,1H3,(H,17,20)(H,18,19). The molecule has 6 heteroatoms. The molecule has 22 heavy (non-hydrogen) atoms. The lowest BCUT2D eigenvalue weighted by molar-refractivity contribution is -0.139. The number of amides is 1. The van der Waals surface area contributed by atoms with Crippen molar-refractivity contribution in [1.82, 2.24) is 5.32 Å². The highest BCUT2D eigenvalue weighted by Crippen LogP contribution is 2.29. The molecule has 1 aromatic rings. The number of carboxylic acids is 1. The van der Waals surface area contributed by atoms with E-state index in [2.05, 4.69) is 5.32 Å². The molecule has 0 heterocycles. The fourth-order valence-electron chi connectivity index (χ4n) is 2.21. The molecule has 0 saturated heterocycles. The summed E-state index contributed by atoms with van der Waals surface area (Å²) in [5.41, 5.74) is 0.477. The number of benzene rings is 1. The molecule has 1 aliphatic carbocycles. The molecule has 6 nitrogen and oxygen atoms in total. The molecular weight excluding hydrogens is 286 g/mol. The Balaban J connectivity index is 2.02. The molecule has 0 aliphatic heterocycles. The Morgan fingerprint density at radius 1 is 1.27 bits per heavy atom. The molecule has 1 aliphatic rings. The molecule has 1 fully saturated rings. The summed E-state index contributed by atoms with van der Waals surface area (Å²) >= 11 is 0. The van der Waals surface area contributed by atoms with Crippen LogP contribution in [0.2, 0.25) is 0 Å². The van der Waals surface area contributed by atoms with Crippen LogP contribution in [0.15, 0.2) is 18.2 Å². The molecule has 2 N–H and O–H groups in total. The predicted octanol–water partition coefficient (Wildman–Crippen LogP) is 2.08. The largest absolute Gasteiger partial charge is 0.490 e. The normalized spacial score (nSPS) is 14.0. The van der Waals surface area contributed by atoms with E-state index in [-0.39, 0.29) is 5.91 Å². The summed E-state index contributed by atoms with van der Waals surface area (Å²) in [5.74, 6) is 0.0655. The van der Waals surface area contributed by atoms with Crippen LogP contribution in [0.25, 0.3) is 0 Å². The number of carbonyl (C=O) groups is 2. The SMILES string of the molecule is CCOc1cc(C(=O)NCC2CCC2)ccc1OCC(=O)O. The third kappa shape index (κ3) is 4.38. The van der Waals surface area contributed by atoms with E-state index in [1.165, 1.54) is 19.3 Å². The third-order valence-electron chi connectivity index (χ3n) is 3.63. The molecule has 1 amide bonds. The lowest BCUT2D eigenvalue weighted by Crippen LogP contribution is -2.32. The van der Waals surface area contributed by atoms with Gasteiger partial charge in [-0.05, 0) is 43.9 Å². The van der Waals surface area contributed by atoms with Gasteiger partial charge in [0.1, 0.15) is 0 Å². The van der Waals surface area contributed by atoms with Crippen molar-refractivity contribution < 1.29 is 24.2 Å². The van der Waals surface area contributed by atoms with E-state index in [9.17, 15) is 9.59 Å². The molecule has 120 valence electrons. The van der Waals surface area contributed by atoms with Crippen LogP contribution in [0.1, 0.15) is 36.5 Å². The van der Waals surface area contributed by atoms with Gasteiger partial charge in [-0.2, -0.15) is 0 Å². The predicted molar refractivity (Wildman–Crippen MR) is 80.4 cm³/mol. The number of ether oxygens (including phenoxy) is 2. The lowest BCUT2D eigenvalue weighted by atomic mass is 9.85. The van der Waals surface area contributed by atoms with Gasteiger partial charge in [0.25, 0.3) is 5.91 Å². The molecule has 1 saturated carbocycles. The van der Waals surface area contributed by atoms with E-state index in [0.717, 1.165) is 0 Å². The van der Waals surface area contributed by atoms with Crippen LogP contribution < -0.4 is 14.8 Å². The Labute approximate surface area is 129 Å². The highest BCUT2D eigenvalue weighted by molar-refractivity contribution is 5.94. The maximum atomic E-state index is 12.1. The van der Waals surface area contributed by atoms with Gasteiger partial charge in [-0.1, -0.05) is 6.42 Å². The number of nitrogens with one attached hydrogen (secondary N) is 1. The van der Waals surface area contributed by atoms with Gasteiger partial charge in [-0.25, -0.2) is 4.79 Å². The minimum atomic E-state index is -1.07. The second kappa shape index (κ2) is 7.68. The zero-order chi connectivity index (χ0) is 15.9. The molecule has 0 aromatic heterocycles. The molecule has 0 unspecified atom stereocenters. The Kier molecular flexibility index (Phi) is 5.63. The van der Waals surface area contributed by atoms with Crippen molar-refractivity contribution in [3.8, 4) is 11.5 Å². The van der Waals surface area contributed by atoms with Crippen LogP contribution in [0.4, 0.5) is 0 Å². The van der Waals surface area contributed by atoms with Gasteiger partial charge in [0.2, 0.25) is 0 Å². The van der Waals surface area contributed by atoms with Crippen LogP contribution in [-0.4, -0.2) is 36.7 Å². The van der Waals surface area contributed by atoms with Crippen molar-refractivity contribution in [2.45, 2.75) is 26.2 Å². The molecule has 0 radical (unpaired) electrons. The van der Waals surface area contributed by atoms with Crippen molar-refractivity contribution in [3.63, 3.8) is 0 Å². The van der Waals surface area contributed by atoms with Crippen LogP contribution in [-0.2, 0) is 4.79 Å². The molecule has 1 aromatic carbocycles. The number of aliphatic carboxylic acids is 1. The second-order valence-electron chi connectivity index (χ2n) is 5.28. The summed E-state index contributed by atoms with van der Waals surface area (Å²) in [6, 6.07) is 4.75. The summed E-state index contributed by atoms with van der Waals surface area (Å²) in [4.78, 5) is 22.7. The molecule has 0 spiro atoms. The number of hydrogen-bond acceptors (Lipinski definition) is 4. The van der Waals surface area contributed by atoms with Gasteiger partial charge in [0, 0.05) is 12.1 Å². The van der Waals surface area contributed by atoms with E-state index in [0.29, 0.717) is 36.1 Å². The maximum absolute atomic E-state index is 12.1. The lowest BCUT2D eigenvalue weighted by Gasteiger charge is -2.25. The van der Waals surface area contributed by atoms with Crippen molar-refractivity contribution in [2.24, 2.45) is 5.92 Å². The Bertz CT molecular complexity index is 539. The van der Waals surface area contributed by atoms with Gasteiger partial charge >= 0.3 is 5.97 Å². The van der Waals surface area contributed by atoms with Gasteiger partial charge in [-0.3, -0.25) is 4.79 Å². The zero-order valence-corrected chi connectivity index (χ0v) is 12.6. The van der Waals surface area contributed by atoms with Gasteiger partial charge < -0.3 is 19.9 Å². The number of rotatable bonds is 8. The van der Waals surface area contributed by atoms with Gasteiger partial charge in [0.15, 0.2) is 18.1 Å². The Hall–Kier alpha value is -2.24. The minimum absolute atomic E-state index is 0.155. The van der Waals surface area contributed by atoms with Crippen molar-refractivity contribution in [2.75, 3.05) is 19.8 Å². The monoisotopic (exact) mass is 307 g/mol. The second-order valence-corrected chi connectivity index (χ2v) is 5.28.